The molecule has 0 aromatic rings. The van der Waals surface area contributed by atoms with E-state index in [4.69, 9.17) is 14.2 Å². The van der Waals surface area contributed by atoms with Gasteiger partial charge in [-0.3, -0.25) is 14.4 Å². The number of carbonyl (C=O) groups excluding carboxylic acids is 3. The smallest absolute Gasteiger partial charge is 0.306 e. The lowest BCUT2D eigenvalue weighted by atomic mass is 10.1. The van der Waals surface area contributed by atoms with Gasteiger partial charge in [0.05, 0.1) is 0 Å². The zero-order chi connectivity index (χ0) is 45.1. The van der Waals surface area contributed by atoms with E-state index in [0.717, 1.165) is 135 Å². The van der Waals surface area contributed by atoms with Crippen molar-refractivity contribution in [1.82, 2.24) is 0 Å². The largest absolute Gasteiger partial charge is 0.462 e. The van der Waals surface area contributed by atoms with Gasteiger partial charge in [0.25, 0.3) is 0 Å². The monoisotopic (exact) mass is 863 g/mol. The van der Waals surface area contributed by atoms with Crippen LogP contribution in [-0.2, 0) is 28.6 Å². The molecule has 6 nitrogen and oxygen atoms in total. The Bertz CT molecular complexity index is 1220. The van der Waals surface area contributed by atoms with Crippen LogP contribution in [0, 0.1) is 0 Å². The van der Waals surface area contributed by atoms with E-state index < -0.39 is 6.10 Å². The fourth-order valence-corrected chi connectivity index (χ4v) is 6.74. The maximum Gasteiger partial charge on any atom is 0.306 e. The molecule has 0 bridgehead atoms. The topological polar surface area (TPSA) is 78.9 Å². The van der Waals surface area contributed by atoms with Gasteiger partial charge in [-0.25, -0.2) is 0 Å². The van der Waals surface area contributed by atoms with Crippen LogP contribution in [-0.4, -0.2) is 37.2 Å². The third-order valence-electron chi connectivity index (χ3n) is 10.6. The molecule has 0 aliphatic rings. The normalized spacial score (nSPS) is 12.8. The zero-order valence-electron chi connectivity index (χ0n) is 40.4. The quantitative estimate of drug-likeness (QED) is 0.0263. The Hall–Kier alpha value is -3.41. The molecule has 354 valence electrons. The summed E-state index contributed by atoms with van der Waals surface area (Å²) in [5.41, 5.74) is 0. The van der Waals surface area contributed by atoms with Crippen molar-refractivity contribution in [2.45, 2.75) is 239 Å². The summed E-state index contributed by atoms with van der Waals surface area (Å²) in [6.45, 7) is 6.42. The minimum Gasteiger partial charge on any atom is -0.462 e. The van der Waals surface area contributed by atoms with E-state index in [0.29, 0.717) is 19.3 Å². The maximum atomic E-state index is 12.8. The molecule has 0 rings (SSSR count). The van der Waals surface area contributed by atoms with Gasteiger partial charge in [-0.2, -0.15) is 0 Å². The van der Waals surface area contributed by atoms with Crippen LogP contribution in [0.25, 0.3) is 0 Å². The standard InChI is InChI=1S/C56H94O6/c1-4-7-10-13-16-19-22-24-26-28-30-31-34-37-40-43-46-49-55(58)61-52-53(51-60-54(57)48-45-42-39-36-33-21-18-15-12-9-6-3)62-56(59)50-47-44-41-38-35-32-29-27-25-23-20-17-14-11-8-5-2/h7,10,15-16,18-20,23-24,26-27,29-31,53H,4-6,8-9,11-14,17,21-22,25,28,32-52H2,1-3H3/b10-7-,18-15-,19-16-,23-20-,26-24-,29-27-,31-30-. The second kappa shape index (κ2) is 50.2. The molecule has 0 spiro atoms. The number of ether oxygens (including phenoxy) is 3. The van der Waals surface area contributed by atoms with Crippen molar-refractivity contribution >= 4 is 17.9 Å². The Morgan fingerprint density at radius 3 is 1.05 bits per heavy atom. The Labute approximate surface area is 382 Å². The number of unbranched alkanes of at least 4 members (excludes halogenated alkanes) is 20. The molecule has 0 amide bonds. The van der Waals surface area contributed by atoms with E-state index >= 15 is 0 Å². The lowest BCUT2D eigenvalue weighted by Crippen LogP contribution is -2.30. The fourth-order valence-electron chi connectivity index (χ4n) is 6.74. The predicted octanol–water partition coefficient (Wildman–Crippen LogP) is 16.8. The summed E-state index contributed by atoms with van der Waals surface area (Å²) < 4.78 is 16.7. The van der Waals surface area contributed by atoms with Gasteiger partial charge in [0, 0.05) is 19.3 Å². The van der Waals surface area contributed by atoms with E-state index in [2.05, 4.69) is 106 Å². The average molecular weight is 863 g/mol. The van der Waals surface area contributed by atoms with Crippen LogP contribution in [0.1, 0.15) is 233 Å². The minimum atomic E-state index is -0.797. The van der Waals surface area contributed by atoms with Gasteiger partial charge in [-0.15, -0.1) is 0 Å². The lowest BCUT2D eigenvalue weighted by Gasteiger charge is -2.18. The highest BCUT2D eigenvalue weighted by Crippen LogP contribution is 2.13. The molecule has 0 aromatic carbocycles. The highest BCUT2D eigenvalue weighted by atomic mass is 16.6. The van der Waals surface area contributed by atoms with Gasteiger partial charge in [0.1, 0.15) is 13.2 Å². The molecule has 0 saturated heterocycles. The first kappa shape index (κ1) is 58.6. The number of esters is 3. The molecule has 0 N–H and O–H groups in total. The molecule has 0 aliphatic heterocycles. The number of carbonyl (C=O) groups is 3. The predicted molar refractivity (Wildman–Crippen MR) is 265 cm³/mol. The third-order valence-corrected chi connectivity index (χ3v) is 10.6. The van der Waals surface area contributed by atoms with Crippen molar-refractivity contribution < 1.29 is 28.6 Å². The number of hydrogen-bond donors (Lipinski definition) is 0. The van der Waals surface area contributed by atoms with Crippen LogP contribution in [0.15, 0.2) is 85.1 Å². The number of hydrogen-bond acceptors (Lipinski definition) is 6. The molecule has 0 aliphatic carbocycles. The van der Waals surface area contributed by atoms with Crippen LogP contribution in [0.2, 0.25) is 0 Å². The maximum absolute atomic E-state index is 12.8. The number of rotatable bonds is 45. The van der Waals surface area contributed by atoms with E-state index in [1.165, 1.54) is 57.8 Å². The van der Waals surface area contributed by atoms with Crippen molar-refractivity contribution in [3.8, 4) is 0 Å². The molecule has 0 aromatic heterocycles. The molecule has 1 unspecified atom stereocenters. The Balaban J connectivity index is 4.45. The molecule has 62 heavy (non-hydrogen) atoms. The van der Waals surface area contributed by atoms with Gasteiger partial charge in [-0.05, 0) is 109 Å². The highest BCUT2D eigenvalue weighted by Gasteiger charge is 2.19. The average Bonchev–Trinajstić information content (AvgIpc) is 3.27. The van der Waals surface area contributed by atoms with Crippen molar-refractivity contribution in [3.05, 3.63) is 85.1 Å². The Kier molecular flexibility index (Phi) is 47.5. The molecule has 6 heteroatoms. The van der Waals surface area contributed by atoms with E-state index in [1.807, 2.05) is 0 Å². The van der Waals surface area contributed by atoms with Gasteiger partial charge >= 0.3 is 17.9 Å². The number of allylic oxidation sites excluding steroid dienone is 14. The van der Waals surface area contributed by atoms with Crippen LogP contribution < -0.4 is 0 Å². The first-order chi connectivity index (χ1) is 30.5. The summed E-state index contributed by atoms with van der Waals surface area (Å²) in [4.78, 5) is 37.9. The summed E-state index contributed by atoms with van der Waals surface area (Å²) in [5.74, 6) is -0.945. The summed E-state index contributed by atoms with van der Waals surface area (Å²) in [6.07, 6.45) is 64.2. The molecular weight excluding hydrogens is 769 g/mol. The first-order valence-electron chi connectivity index (χ1n) is 25.6. The van der Waals surface area contributed by atoms with E-state index in [9.17, 15) is 14.4 Å². The summed E-state index contributed by atoms with van der Waals surface area (Å²) >= 11 is 0. The van der Waals surface area contributed by atoms with Crippen LogP contribution in [0.5, 0.6) is 0 Å². The van der Waals surface area contributed by atoms with Gasteiger partial charge in [-0.1, -0.05) is 189 Å². The summed E-state index contributed by atoms with van der Waals surface area (Å²) in [6, 6.07) is 0. The Morgan fingerprint density at radius 2 is 0.645 bits per heavy atom. The van der Waals surface area contributed by atoms with Gasteiger partial charge < -0.3 is 14.2 Å². The second-order valence-corrected chi connectivity index (χ2v) is 16.7. The molecule has 0 fully saturated rings. The summed E-state index contributed by atoms with van der Waals surface area (Å²) in [5, 5.41) is 0. The molecular formula is C56H94O6. The fraction of sp³-hybridized carbons (Fsp3) is 0.696. The molecule has 0 saturated carbocycles. The second-order valence-electron chi connectivity index (χ2n) is 16.7. The summed E-state index contributed by atoms with van der Waals surface area (Å²) in [7, 11) is 0. The lowest BCUT2D eigenvalue weighted by molar-refractivity contribution is -0.167. The van der Waals surface area contributed by atoms with Gasteiger partial charge in [0.15, 0.2) is 6.10 Å². The Morgan fingerprint density at radius 1 is 0.339 bits per heavy atom. The van der Waals surface area contributed by atoms with Crippen molar-refractivity contribution in [3.63, 3.8) is 0 Å². The van der Waals surface area contributed by atoms with Crippen molar-refractivity contribution in [1.29, 1.82) is 0 Å². The van der Waals surface area contributed by atoms with E-state index in [1.54, 1.807) is 0 Å². The molecule has 0 radical (unpaired) electrons. The first-order valence-corrected chi connectivity index (χ1v) is 25.6. The molecule has 0 heterocycles. The van der Waals surface area contributed by atoms with Crippen molar-refractivity contribution in [2.24, 2.45) is 0 Å². The highest BCUT2D eigenvalue weighted by molar-refractivity contribution is 5.71. The van der Waals surface area contributed by atoms with Gasteiger partial charge in [0.2, 0.25) is 0 Å². The SMILES string of the molecule is CC/C=C\C/C=C\C/C=C\C/C=C\CCCCCCC(=O)OCC(COC(=O)CCCCCCC/C=C\CCCC)OC(=O)CCCCCCC/C=C\C/C=C\CCCCCC. The van der Waals surface area contributed by atoms with Crippen LogP contribution in [0.3, 0.4) is 0 Å². The minimum absolute atomic E-state index is 0.0955. The van der Waals surface area contributed by atoms with Crippen molar-refractivity contribution in [2.75, 3.05) is 13.2 Å². The van der Waals surface area contributed by atoms with E-state index in [-0.39, 0.29) is 31.1 Å². The van der Waals surface area contributed by atoms with Crippen LogP contribution in [0.4, 0.5) is 0 Å². The third kappa shape index (κ3) is 47.6. The zero-order valence-corrected chi connectivity index (χ0v) is 40.4. The molecule has 1 atom stereocenters. The van der Waals surface area contributed by atoms with Crippen LogP contribution >= 0.6 is 0 Å².